The van der Waals surface area contributed by atoms with E-state index in [4.69, 9.17) is 15.0 Å². The minimum atomic E-state index is -0.149. The number of benzene rings is 8. The van der Waals surface area contributed by atoms with Gasteiger partial charge in [0.05, 0.1) is 16.7 Å². The smallest absolute Gasteiger partial charge is 0.164 e. The summed E-state index contributed by atoms with van der Waals surface area (Å²) >= 11 is 1.82. The Morgan fingerprint density at radius 2 is 1.13 bits per heavy atom. The largest absolute Gasteiger partial charge is 0.295 e. The normalized spacial score (nSPS) is 13.6. The van der Waals surface area contributed by atoms with Crippen LogP contribution in [0.3, 0.4) is 0 Å². The predicted molar refractivity (Wildman–Crippen MR) is 246 cm³/mol. The summed E-state index contributed by atoms with van der Waals surface area (Å²) in [6, 6.07) is 63.2. The topological polar surface area (TPSA) is 48.5 Å². The third-order valence-electron chi connectivity index (χ3n) is 12.8. The van der Waals surface area contributed by atoms with Crippen molar-refractivity contribution in [3.05, 3.63) is 187 Å². The molecular weight excluding hydrogens is 751 g/mol. The molecule has 60 heavy (non-hydrogen) atoms. The molecule has 0 saturated heterocycles. The highest BCUT2D eigenvalue weighted by atomic mass is 32.2. The molecule has 0 amide bonds. The van der Waals surface area contributed by atoms with Crippen molar-refractivity contribution in [1.82, 2.24) is 24.1 Å². The van der Waals surface area contributed by atoms with Gasteiger partial charge in [0.25, 0.3) is 0 Å². The van der Waals surface area contributed by atoms with Gasteiger partial charge in [-0.1, -0.05) is 159 Å². The molecule has 0 radical (unpaired) electrons. The number of para-hydroxylation sites is 3. The van der Waals surface area contributed by atoms with E-state index in [1.807, 2.05) is 11.8 Å². The number of hydrogen-bond acceptors (Lipinski definition) is 4. The molecule has 0 unspecified atom stereocenters. The summed E-state index contributed by atoms with van der Waals surface area (Å²) in [5.74, 6) is 1.98. The SMILES string of the molecule is CC1(C)c2ccccc2-c2c(-c3nc(-c4ccc5c(c4)Sc4cccc6c7c8ccccc8n(-c8ccccc8)c7n-5c46)nc(-c4cccc5ccccc45)n3)cccc21. The first-order valence-electron chi connectivity index (χ1n) is 20.5. The van der Waals surface area contributed by atoms with Crippen LogP contribution in [0, 0.1) is 0 Å². The molecule has 6 heteroatoms. The summed E-state index contributed by atoms with van der Waals surface area (Å²) in [5, 5.41) is 6.04. The quantitative estimate of drug-likeness (QED) is 0.178. The van der Waals surface area contributed by atoms with E-state index in [0.29, 0.717) is 17.5 Å². The fourth-order valence-electron chi connectivity index (χ4n) is 10.1. The van der Waals surface area contributed by atoms with E-state index in [1.54, 1.807) is 0 Å². The highest BCUT2D eigenvalue weighted by molar-refractivity contribution is 7.99. The van der Waals surface area contributed by atoms with Gasteiger partial charge in [0.15, 0.2) is 17.5 Å². The molecule has 11 aromatic rings. The minimum absolute atomic E-state index is 0.149. The average Bonchev–Trinajstić information content (AvgIpc) is 3.90. The highest BCUT2D eigenvalue weighted by Crippen LogP contribution is 2.53. The van der Waals surface area contributed by atoms with Crippen LogP contribution in [0.1, 0.15) is 25.0 Å². The van der Waals surface area contributed by atoms with Crippen LogP contribution in [0.5, 0.6) is 0 Å². The van der Waals surface area contributed by atoms with Crippen molar-refractivity contribution in [3.63, 3.8) is 0 Å². The zero-order chi connectivity index (χ0) is 39.7. The van der Waals surface area contributed by atoms with E-state index in [0.717, 1.165) is 43.7 Å². The van der Waals surface area contributed by atoms with Gasteiger partial charge in [0, 0.05) is 53.7 Å². The Balaban J connectivity index is 1.06. The monoisotopic (exact) mass is 785 g/mol. The molecule has 0 bridgehead atoms. The first-order valence-corrected chi connectivity index (χ1v) is 21.3. The van der Waals surface area contributed by atoms with E-state index in [-0.39, 0.29) is 5.41 Å². The van der Waals surface area contributed by atoms with Gasteiger partial charge in [-0.05, 0) is 75.5 Å². The van der Waals surface area contributed by atoms with Gasteiger partial charge in [-0.3, -0.25) is 9.13 Å². The standard InChI is InChI=1S/C54H35N5S/c1-54(2)41-25-10-8-20-37(41)47-40(24-13-26-42(47)54)52-56-50(55-51(57-52)36-22-12-16-32-15-6-7-19-35(32)36)33-29-30-44-46(31-33)60-45-28-14-23-39-48-38-21-9-11-27-43(38)58(34-17-4-3-5-18-34)53(48)59(44)49(39)45/h3-31H,1-2H3. The summed E-state index contributed by atoms with van der Waals surface area (Å²) in [5.41, 5.74) is 13.7. The zero-order valence-corrected chi connectivity index (χ0v) is 33.7. The van der Waals surface area contributed by atoms with Gasteiger partial charge >= 0.3 is 0 Å². The Bertz CT molecular complexity index is 3610. The van der Waals surface area contributed by atoms with Crippen LogP contribution in [-0.4, -0.2) is 24.1 Å². The molecule has 0 fully saturated rings. The van der Waals surface area contributed by atoms with Gasteiger partial charge in [-0.15, -0.1) is 0 Å². The lowest BCUT2D eigenvalue weighted by molar-refractivity contribution is 0.660. The maximum absolute atomic E-state index is 5.39. The maximum Gasteiger partial charge on any atom is 0.164 e. The van der Waals surface area contributed by atoms with Crippen molar-refractivity contribution in [2.24, 2.45) is 0 Å². The molecule has 3 aromatic heterocycles. The summed E-state index contributed by atoms with van der Waals surface area (Å²) < 4.78 is 4.91. The van der Waals surface area contributed by atoms with Crippen molar-refractivity contribution < 1.29 is 0 Å². The van der Waals surface area contributed by atoms with Gasteiger partial charge < -0.3 is 0 Å². The Morgan fingerprint density at radius 3 is 2.03 bits per heavy atom. The van der Waals surface area contributed by atoms with Gasteiger partial charge in [-0.25, -0.2) is 15.0 Å². The molecule has 5 nitrogen and oxygen atoms in total. The van der Waals surface area contributed by atoms with Gasteiger partial charge in [-0.2, -0.15) is 0 Å². The molecule has 282 valence electrons. The molecule has 0 spiro atoms. The fourth-order valence-corrected chi connectivity index (χ4v) is 11.2. The predicted octanol–water partition coefficient (Wildman–Crippen LogP) is 13.8. The van der Waals surface area contributed by atoms with Gasteiger partial charge in [0.1, 0.15) is 5.65 Å². The maximum atomic E-state index is 5.39. The van der Waals surface area contributed by atoms with Crippen molar-refractivity contribution in [2.45, 2.75) is 29.1 Å². The average molecular weight is 786 g/mol. The van der Waals surface area contributed by atoms with Crippen LogP contribution >= 0.6 is 11.8 Å². The van der Waals surface area contributed by atoms with E-state index in [9.17, 15) is 0 Å². The van der Waals surface area contributed by atoms with Crippen molar-refractivity contribution in [3.8, 4) is 56.7 Å². The number of aromatic nitrogens is 5. The van der Waals surface area contributed by atoms with Crippen molar-refractivity contribution in [2.75, 3.05) is 0 Å². The fraction of sp³-hybridized carbons (Fsp3) is 0.0556. The lowest BCUT2D eigenvalue weighted by atomic mass is 9.82. The number of fused-ring (bicyclic) bond motifs is 11. The molecule has 13 rings (SSSR count). The van der Waals surface area contributed by atoms with Crippen LogP contribution < -0.4 is 0 Å². The number of rotatable bonds is 4. The molecule has 8 aromatic carbocycles. The molecule has 1 aliphatic carbocycles. The molecule has 0 N–H and O–H groups in total. The van der Waals surface area contributed by atoms with Crippen LogP contribution in [0.4, 0.5) is 0 Å². The van der Waals surface area contributed by atoms with Crippen molar-refractivity contribution in [1.29, 1.82) is 0 Å². The Labute approximate surface area is 350 Å². The first kappa shape index (κ1) is 33.7. The molecular formula is C54H35N5S. The van der Waals surface area contributed by atoms with E-state index < -0.39 is 0 Å². The lowest BCUT2D eigenvalue weighted by Gasteiger charge is -2.22. The summed E-state index contributed by atoms with van der Waals surface area (Å²) in [6.07, 6.45) is 0. The minimum Gasteiger partial charge on any atom is -0.295 e. The lowest BCUT2D eigenvalue weighted by Crippen LogP contribution is -2.14. The number of nitrogens with zero attached hydrogens (tertiary/aromatic N) is 5. The molecule has 4 heterocycles. The summed E-state index contributed by atoms with van der Waals surface area (Å²) in [7, 11) is 0. The van der Waals surface area contributed by atoms with Crippen LogP contribution in [0.25, 0.3) is 100 Å². The molecule has 0 atom stereocenters. The Kier molecular flexibility index (Phi) is 6.94. The second-order valence-electron chi connectivity index (χ2n) is 16.4. The second kappa shape index (κ2) is 12.4. The third-order valence-corrected chi connectivity index (χ3v) is 13.9. The molecule has 1 aliphatic heterocycles. The van der Waals surface area contributed by atoms with Crippen LogP contribution in [-0.2, 0) is 5.41 Å². The summed E-state index contributed by atoms with van der Waals surface area (Å²) in [4.78, 5) is 18.4. The molecule has 2 aliphatic rings. The molecule has 0 saturated carbocycles. The highest BCUT2D eigenvalue weighted by Gasteiger charge is 2.37. The van der Waals surface area contributed by atoms with Crippen LogP contribution in [0.15, 0.2) is 186 Å². The van der Waals surface area contributed by atoms with Gasteiger partial charge in [0.2, 0.25) is 0 Å². The third kappa shape index (κ3) is 4.62. The Morgan fingerprint density at radius 1 is 0.483 bits per heavy atom. The van der Waals surface area contributed by atoms with E-state index in [1.165, 1.54) is 60.0 Å². The second-order valence-corrected chi connectivity index (χ2v) is 17.5. The zero-order valence-electron chi connectivity index (χ0n) is 32.9. The van der Waals surface area contributed by atoms with Crippen molar-refractivity contribution >= 4 is 55.4 Å². The van der Waals surface area contributed by atoms with Crippen LogP contribution in [0.2, 0.25) is 0 Å². The van der Waals surface area contributed by atoms with E-state index in [2.05, 4.69) is 199 Å². The number of hydrogen-bond donors (Lipinski definition) is 0. The van der Waals surface area contributed by atoms with E-state index >= 15 is 0 Å². The summed E-state index contributed by atoms with van der Waals surface area (Å²) in [6.45, 7) is 4.63. The Hall–Kier alpha value is -7.28. The first-order chi connectivity index (χ1) is 29.5.